The van der Waals surface area contributed by atoms with Crippen molar-refractivity contribution in [3.05, 3.63) is 51.0 Å². The van der Waals surface area contributed by atoms with E-state index in [0.717, 1.165) is 17.8 Å². The van der Waals surface area contributed by atoms with E-state index in [4.69, 9.17) is 23.2 Å². The number of halogens is 2. The van der Waals surface area contributed by atoms with Gasteiger partial charge in [-0.15, -0.1) is 11.3 Å². The molecule has 2 aromatic rings. The van der Waals surface area contributed by atoms with E-state index in [2.05, 4.69) is 10.3 Å². The number of nitrogens with one attached hydrogen (secondary N) is 1. The Labute approximate surface area is 143 Å². The van der Waals surface area contributed by atoms with Crippen molar-refractivity contribution in [2.24, 2.45) is 0 Å². The van der Waals surface area contributed by atoms with E-state index in [1.165, 1.54) is 17.4 Å². The van der Waals surface area contributed by atoms with Crippen LogP contribution in [0.1, 0.15) is 11.3 Å². The number of nitrogens with zero attached hydrogens (tertiary/aromatic N) is 2. The lowest BCUT2D eigenvalue weighted by Crippen LogP contribution is -2.11. The molecule has 1 N–H and O–H groups in total. The third-order valence-electron chi connectivity index (χ3n) is 2.63. The molecular weight excluding hydrogens is 341 g/mol. The number of amides is 1. The summed E-state index contributed by atoms with van der Waals surface area (Å²) in [4.78, 5) is 18.2. The van der Waals surface area contributed by atoms with Crippen LogP contribution in [0.25, 0.3) is 6.08 Å². The number of benzene rings is 1. The second-order valence-corrected chi connectivity index (χ2v) is 6.55. The van der Waals surface area contributed by atoms with Gasteiger partial charge in [0.1, 0.15) is 0 Å². The van der Waals surface area contributed by atoms with Crippen molar-refractivity contribution in [1.82, 2.24) is 9.88 Å². The van der Waals surface area contributed by atoms with Gasteiger partial charge < -0.3 is 4.90 Å². The molecule has 1 amide bonds. The lowest BCUT2D eigenvalue weighted by atomic mass is 10.2. The van der Waals surface area contributed by atoms with E-state index in [9.17, 15) is 4.79 Å². The van der Waals surface area contributed by atoms with Crippen LogP contribution < -0.4 is 5.32 Å². The molecule has 4 nitrogen and oxygen atoms in total. The average Bonchev–Trinajstić information content (AvgIpc) is 2.86. The van der Waals surface area contributed by atoms with Crippen molar-refractivity contribution in [3.8, 4) is 0 Å². The fourth-order valence-corrected chi connectivity index (χ4v) is 2.71. The molecule has 22 heavy (non-hydrogen) atoms. The molecule has 0 unspecified atom stereocenters. The predicted octanol–water partition coefficient (Wildman–Crippen LogP) is 4.16. The largest absolute Gasteiger partial charge is 0.304 e. The average molecular weight is 356 g/mol. The van der Waals surface area contributed by atoms with Crippen LogP contribution in [-0.4, -0.2) is 29.9 Å². The second-order valence-electron chi connectivity index (χ2n) is 4.88. The molecule has 0 radical (unpaired) electrons. The first-order chi connectivity index (χ1) is 10.4. The summed E-state index contributed by atoms with van der Waals surface area (Å²) in [6, 6.07) is 5.18. The summed E-state index contributed by atoms with van der Waals surface area (Å²) >= 11 is 13.2. The van der Waals surface area contributed by atoms with E-state index in [1.54, 1.807) is 24.3 Å². The van der Waals surface area contributed by atoms with Gasteiger partial charge in [-0.3, -0.25) is 10.1 Å². The summed E-state index contributed by atoms with van der Waals surface area (Å²) in [6.45, 7) is 0.742. The minimum Gasteiger partial charge on any atom is -0.304 e. The fourth-order valence-electron chi connectivity index (χ4n) is 1.70. The minimum atomic E-state index is -0.239. The van der Waals surface area contributed by atoms with Crippen LogP contribution in [0.3, 0.4) is 0 Å². The molecule has 7 heteroatoms. The highest BCUT2D eigenvalue weighted by molar-refractivity contribution is 7.13. The molecule has 0 bridgehead atoms. The van der Waals surface area contributed by atoms with Crippen LogP contribution in [0.5, 0.6) is 0 Å². The maximum absolute atomic E-state index is 11.9. The standard InChI is InChI=1S/C15H15Cl2N3OS/c1-20(2)8-11-9-22-15(18-11)19-14(21)6-4-10-3-5-12(16)13(17)7-10/h3-7,9H,8H2,1-2H3,(H,18,19,21)/b6-4+. The molecular formula is C15H15Cl2N3OS. The molecule has 0 atom stereocenters. The van der Waals surface area contributed by atoms with Crippen molar-refractivity contribution < 1.29 is 4.79 Å². The lowest BCUT2D eigenvalue weighted by Gasteiger charge is -2.05. The molecule has 0 aliphatic rings. The molecule has 1 aromatic heterocycles. The monoisotopic (exact) mass is 355 g/mol. The number of aromatic nitrogens is 1. The zero-order valence-electron chi connectivity index (χ0n) is 12.1. The molecule has 0 aliphatic carbocycles. The van der Waals surface area contributed by atoms with Crippen LogP contribution in [0, 0.1) is 0 Å². The maximum Gasteiger partial charge on any atom is 0.250 e. The van der Waals surface area contributed by atoms with Crippen molar-refractivity contribution >= 4 is 51.7 Å². The van der Waals surface area contributed by atoms with Crippen LogP contribution >= 0.6 is 34.5 Å². The Morgan fingerprint density at radius 3 is 2.82 bits per heavy atom. The van der Waals surface area contributed by atoms with Crippen LogP contribution in [-0.2, 0) is 11.3 Å². The quantitative estimate of drug-likeness (QED) is 0.818. The van der Waals surface area contributed by atoms with Crippen LogP contribution in [0.15, 0.2) is 29.7 Å². The zero-order valence-corrected chi connectivity index (χ0v) is 14.5. The van der Waals surface area contributed by atoms with Gasteiger partial charge in [-0.25, -0.2) is 4.98 Å². The number of carbonyl (C=O) groups is 1. The summed E-state index contributed by atoms with van der Waals surface area (Å²) in [5.74, 6) is -0.239. The Morgan fingerprint density at radius 1 is 1.36 bits per heavy atom. The van der Waals surface area contributed by atoms with E-state index >= 15 is 0 Å². The molecule has 0 fully saturated rings. The van der Waals surface area contributed by atoms with Gasteiger partial charge in [0.15, 0.2) is 5.13 Å². The van der Waals surface area contributed by atoms with Gasteiger partial charge in [-0.2, -0.15) is 0 Å². The van der Waals surface area contributed by atoms with Gasteiger partial charge in [0.05, 0.1) is 15.7 Å². The van der Waals surface area contributed by atoms with Gasteiger partial charge in [-0.05, 0) is 37.9 Å². The van der Waals surface area contributed by atoms with Gasteiger partial charge in [0.2, 0.25) is 5.91 Å². The van der Waals surface area contributed by atoms with Crippen molar-refractivity contribution in [2.45, 2.75) is 6.54 Å². The van der Waals surface area contributed by atoms with Gasteiger partial charge in [0, 0.05) is 18.0 Å². The van der Waals surface area contributed by atoms with Crippen molar-refractivity contribution in [1.29, 1.82) is 0 Å². The van der Waals surface area contributed by atoms with E-state index in [0.29, 0.717) is 15.2 Å². The van der Waals surface area contributed by atoms with Crippen molar-refractivity contribution in [2.75, 3.05) is 19.4 Å². The summed E-state index contributed by atoms with van der Waals surface area (Å²) in [5.41, 5.74) is 1.73. The SMILES string of the molecule is CN(C)Cc1csc(NC(=O)/C=C/c2ccc(Cl)c(Cl)c2)n1. The van der Waals surface area contributed by atoms with E-state index in [-0.39, 0.29) is 5.91 Å². The fraction of sp³-hybridized carbons (Fsp3) is 0.200. The van der Waals surface area contributed by atoms with Gasteiger partial charge in [0.25, 0.3) is 0 Å². The molecule has 0 aliphatic heterocycles. The third-order valence-corrected chi connectivity index (χ3v) is 4.18. The number of thiazole rings is 1. The highest BCUT2D eigenvalue weighted by Gasteiger charge is 2.05. The Hall–Kier alpha value is -1.40. The van der Waals surface area contributed by atoms with Crippen LogP contribution in [0.4, 0.5) is 5.13 Å². The number of hydrogen-bond acceptors (Lipinski definition) is 4. The number of hydrogen-bond donors (Lipinski definition) is 1. The first kappa shape index (κ1) is 17.0. The summed E-state index contributed by atoms with van der Waals surface area (Å²) < 4.78 is 0. The molecule has 0 saturated carbocycles. The molecule has 1 aromatic carbocycles. The van der Waals surface area contributed by atoms with E-state index < -0.39 is 0 Å². The van der Waals surface area contributed by atoms with Gasteiger partial charge >= 0.3 is 0 Å². The third kappa shape index (κ3) is 5.10. The van der Waals surface area contributed by atoms with Gasteiger partial charge in [-0.1, -0.05) is 29.3 Å². The zero-order chi connectivity index (χ0) is 16.1. The Balaban J connectivity index is 1.96. The number of rotatable bonds is 5. The Morgan fingerprint density at radius 2 is 2.14 bits per heavy atom. The highest BCUT2D eigenvalue weighted by Crippen LogP contribution is 2.23. The smallest absolute Gasteiger partial charge is 0.250 e. The first-order valence-electron chi connectivity index (χ1n) is 6.47. The minimum absolute atomic E-state index is 0.239. The topological polar surface area (TPSA) is 45.2 Å². The summed E-state index contributed by atoms with van der Waals surface area (Å²) in [6.07, 6.45) is 3.11. The highest BCUT2D eigenvalue weighted by atomic mass is 35.5. The normalized spacial score (nSPS) is 11.3. The summed E-state index contributed by atoms with van der Waals surface area (Å²) in [7, 11) is 3.94. The molecule has 1 heterocycles. The van der Waals surface area contributed by atoms with Crippen LogP contribution in [0.2, 0.25) is 10.0 Å². The Kier molecular flexibility index (Phi) is 5.97. The number of carbonyl (C=O) groups excluding carboxylic acids is 1. The molecule has 2 rings (SSSR count). The maximum atomic E-state index is 11.9. The first-order valence-corrected chi connectivity index (χ1v) is 8.11. The molecule has 116 valence electrons. The second kappa shape index (κ2) is 7.74. The lowest BCUT2D eigenvalue weighted by molar-refractivity contribution is -0.111. The van der Waals surface area contributed by atoms with E-state index in [1.807, 2.05) is 24.4 Å². The van der Waals surface area contributed by atoms with Crippen molar-refractivity contribution in [3.63, 3.8) is 0 Å². The summed E-state index contributed by atoms with van der Waals surface area (Å²) in [5, 5.41) is 6.19. The molecule has 0 spiro atoms. The number of anilines is 1. The molecule has 0 saturated heterocycles. The Bertz CT molecular complexity index is 698. The predicted molar refractivity (Wildman–Crippen MR) is 93.6 cm³/mol.